The van der Waals surface area contributed by atoms with Crippen LogP contribution in [0.5, 0.6) is 11.5 Å². The van der Waals surface area contributed by atoms with Crippen LogP contribution in [-0.2, 0) is 9.47 Å². The van der Waals surface area contributed by atoms with Gasteiger partial charge in [-0.15, -0.1) is 0 Å². The highest BCUT2D eigenvalue weighted by Crippen LogP contribution is 2.29. The number of hydrogen-bond acceptors (Lipinski definition) is 11. The molecule has 2 aromatic carbocycles. The van der Waals surface area contributed by atoms with Crippen LogP contribution in [0.4, 0.5) is 10.3 Å². The van der Waals surface area contributed by atoms with Crippen molar-refractivity contribution in [2.24, 2.45) is 5.84 Å². The second-order valence-corrected chi connectivity index (χ2v) is 8.25. The van der Waals surface area contributed by atoms with Crippen LogP contribution < -0.4 is 26.5 Å². The van der Waals surface area contributed by atoms with Crippen molar-refractivity contribution in [2.75, 3.05) is 51.8 Å². The highest BCUT2D eigenvalue weighted by atomic mass is 32.1. The van der Waals surface area contributed by atoms with Gasteiger partial charge in [0, 0.05) is 14.2 Å². The molecule has 0 spiro atoms. The summed E-state index contributed by atoms with van der Waals surface area (Å²) in [6, 6.07) is 11.5. The number of hydrazine groups is 1. The van der Waals surface area contributed by atoms with E-state index in [2.05, 4.69) is 15.4 Å². The van der Waals surface area contributed by atoms with E-state index in [0.717, 1.165) is 31.9 Å². The third-order valence-corrected chi connectivity index (χ3v) is 5.77. The molecule has 31 heavy (non-hydrogen) atoms. The highest BCUT2D eigenvalue weighted by Gasteiger charge is 2.04. The SMILES string of the molecule is COCCOc1ccc2nc(N)sc2c1.COCCOc1ccc2nc(NN)sc2c1. The summed E-state index contributed by atoms with van der Waals surface area (Å²) in [5.41, 5.74) is 9.97. The second-order valence-electron chi connectivity index (χ2n) is 6.16. The van der Waals surface area contributed by atoms with Gasteiger partial charge < -0.3 is 24.7 Å². The van der Waals surface area contributed by atoms with Crippen molar-refractivity contribution in [3.63, 3.8) is 0 Å². The number of thiazole rings is 2. The maximum absolute atomic E-state index is 5.61. The molecule has 0 saturated heterocycles. The second kappa shape index (κ2) is 11.6. The van der Waals surface area contributed by atoms with E-state index in [1.54, 1.807) is 14.2 Å². The van der Waals surface area contributed by atoms with E-state index in [1.165, 1.54) is 22.7 Å². The van der Waals surface area contributed by atoms with Crippen LogP contribution in [0, 0.1) is 0 Å². The van der Waals surface area contributed by atoms with Crippen LogP contribution >= 0.6 is 22.7 Å². The summed E-state index contributed by atoms with van der Waals surface area (Å²) in [4.78, 5) is 8.44. The van der Waals surface area contributed by atoms with E-state index in [1.807, 2.05) is 36.4 Å². The third-order valence-electron chi connectivity index (χ3n) is 3.97. The lowest BCUT2D eigenvalue weighted by Crippen LogP contribution is -2.05. The molecule has 0 radical (unpaired) electrons. The molecule has 0 aliphatic carbocycles. The van der Waals surface area contributed by atoms with Crippen molar-refractivity contribution in [3.8, 4) is 11.5 Å². The quantitative estimate of drug-likeness (QED) is 0.194. The molecular formula is C20H25N5O4S2. The maximum atomic E-state index is 5.61. The van der Waals surface area contributed by atoms with Gasteiger partial charge in [0.05, 0.1) is 33.6 Å². The Labute approximate surface area is 187 Å². The number of aromatic nitrogens is 2. The molecule has 4 aromatic rings. The fourth-order valence-corrected chi connectivity index (χ4v) is 4.12. The van der Waals surface area contributed by atoms with Gasteiger partial charge >= 0.3 is 0 Å². The first-order valence-corrected chi connectivity index (χ1v) is 11.0. The number of benzene rings is 2. The van der Waals surface area contributed by atoms with Crippen molar-refractivity contribution >= 4 is 53.4 Å². The summed E-state index contributed by atoms with van der Waals surface area (Å²) < 4.78 is 22.9. The van der Waals surface area contributed by atoms with E-state index in [-0.39, 0.29) is 0 Å². The molecule has 0 atom stereocenters. The van der Waals surface area contributed by atoms with E-state index < -0.39 is 0 Å². The van der Waals surface area contributed by atoms with E-state index in [4.69, 9.17) is 30.5 Å². The van der Waals surface area contributed by atoms with Crippen LogP contribution in [0.15, 0.2) is 36.4 Å². The maximum Gasteiger partial charge on any atom is 0.198 e. The smallest absolute Gasteiger partial charge is 0.198 e. The predicted molar refractivity (Wildman–Crippen MR) is 126 cm³/mol. The number of fused-ring (bicyclic) bond motifs is 2. The number of ether oxygens (including phenoxy) is 4. The van der Waals surface area contributed by atoms with Crippen molar-refractivity contribution < 1.29 is 18.9 Å². The molecule has 0 fully saturated rings. The molecule has 9 nitrogen and oxygen atoms in total. The first kappa shape index (κ1) is 23.0. The van der Waals surface area contributed by atoms with Crippen LogP contribution in [-0.4, -0.2) is 50.6 Å². The molecule has 0 bridgehead atoms. The molecule has 166 valence electrons. The fourth-order valence-electron chi connectivity index (χ4n) is 2.55. The van der Waals surface area contributed by atoms with Crippen molar-refractivity contribution in [3.05, 3.63) is 36.4 Å². The molecule has 5 N–H and O–H groups in total. The van der Waals surface area contributed by atoms with E-state index in [9.17, 15) is 0 Å². The molecule has 0 amide bonds. The van der Waals surface area contributed by atoms with Gasteiger partial charge in [0.15, 0.2) is 10.3 Å². The van der Waals surface area contributed by atoms with Crippen LogP contribution in [0.1, 0.15) is 0 Å². The number of anilines is 2. The lowest BCUT2D eigenvalue weighted by atomic mass is 10.3. The average Bonchev–Trinajstić information content (AvgIpc) is 3.36. The number of nitrogen functional groups attached to an aromatic ring is 2. The summed E-state index contributed by atoms with van der Waals surface area (Å²) >= 11 is 2.95. The Morgan fingerprint density at radius 1 is 0.806 bits per heavy atom. The largest absolute Gasteiger partial charge is 0.491 e. The number of methoxy groups -OCH3 is 2. The molecule has 0 saturated carbocycles. The monoisotopic (exact) mass is 463 g/mol. The Hall–Kier alpha value is -2.70. The number of hydrogen-bond donors (Lipinski definition) is 3. The first-order valence-electron chi connectivity index (χ1n) is 9.39. The van der Waals surface area contributed by atoms with Crippen molar-refractivity contribution in [1.29, 1.82) is 0 Å². The first-order chi connectivity index (χ1) is 15.1. The molecule has 0 unspecified atom stereocenters. The van der Waals surface area contributed by atoms with Gasteiger partial charge in [-0.2, -0.15) is 0 Å². The Morgan fingerprint density at radius 3 is 1.90 bits per heavy atom. The molecule has 2 aromatic heterocycles. The lowest BCUT2D eigenvalue weighted by Gasteiger charge is -2.04. The Kier molecular flexibility index (Phi) is 8.62. The minimum absolute atomic E-state index is 0.544. The molecule has 4 rings (SSSR count). The average molecular weight is 464 g/mol. The number of nitrogens with one attached hydrogen (secondary N) is 1. The van der Waals surface area contributed by atoms with Gasteiger partial charge in [0.2, 0.25) is 0 Å². The Morgan fingerprint density at radius 2 is 1.35 bits per heavy atom. The summed E-state index contributed by atoms with van der Waals surface area (Å²) in [5.74, 6) is 6.94. The van der Waals surface area contributed by atoms with Gasteiger partial charge in [-0.1, -0.05) is 22.7 Å². The van der Waals surface area contributed by atoms with Crippen molar-refractivity contribution in [1.82, 2.24) is 9.97 Å². The zero-order valence-electron chi connectivity index (χ0n) is 17.3. The van der Waals surface area contributed by atoms with Gasteiger partial charge in [-0.25, -0.2) is 15.8 Å². The van der Waals surface area contributed by atoms with Gasteiger partial charge in [0.1, 0.15) is 24.7 Å². The predicted octanol–water partition coefficient (Wildman–Crippen LogP) is 3.51. The summed E-state index contributed by atoms with van der Waals surface area (Å²) in [5, 5.41) is 1.28. The van der Waals surface area contributed by atoms with Gasteiger partial charge in [-0.3, -0.25) is 5.43 Å². The molecular weight excluding hydrogens is 438 g/mol. The zero-order valence-corrected chi connectivity index (χ0v) is 18.9. The topological polar surface area (TPSA) is 127 Å². The van der Waals surface area contributed by atoms with Crippen LogP contribution in [0.3, 0.4) is 0 Å². The highest BCUT2D eigenvalue weighted by molar-refractivity contribution is 7.22. The van der Waals surface area contributed by atoms with Crippen LogP contribution in [0.25, 0.3) is 20.4 Å². The standard InChI is InChI=1S/C10H13N3O2S.C10H12N2O2S/c1-14-4-5-15-7-2-3-8-9(6-7)16-10(12-8)13-11;1-13-4-5-14-7-2-3-8-9(6-7)15-10(11)12-8/h2-3,6H,4-5,11H2,1H3,(H,12,13);2-3,6H,4-5H2,1H3,(H2,11,12). The fraction of sp³-hybridized carbons (Fsp3) is 0.300. The van der Waals surface area contributed by atoms with Crippen LogP contribution in [0.2, 0.25) is 0 Å². The number of nitrogens with zero attached hydrogens (tertiary/aromatic N) is 2. The lowest BCUT2D eigenvalue weighted by molar-refractivity contribution is 0.146. The third kappa shape index (κ3) is 6.64. The van der Waals surface area contributed by atoms with E-state index >= 15 is 0 Å². The minimum atomic E-state index is 0.544. The molecule has 0 aliphatic rings. The zero-order chi connectivity index (χ0) is 22.1. The number of rotatable bonds is 9. The Balaban J connectivity index is 0.000000176. The van der Waals surface area contributed by atoms with Crippen molar-refractivity contribution in [2.45, 2.75) is 0 Å². The molecule has 2 heterocycles. The molecule has 0 aliphatic heterocycles. The summed E-state index contributed by atoms with van der Waals surface area (Å²) in [6.45, 7) is 2.26. The summed E-state index contributed by atoms with van der Waals surface area (Å²) in [6.07, 6.45) is 0. The molecule has 11 heteroatoms. The van der Waals surface area contributed by atoms with Gasteiger partial charge in [-0.05, 0) is 36.4 Å². The van der Waals surface area contributed by atoms with E-state index in [0.29, 0.717) is 36.7 Å². The number of nitrogens with two attached hydrogens (primary N) is 2. The minimum Gasteiger partial charge on any atom is -0.491 e. The Bertz CT molecular complexity index is 1100. The normalized spacial score (nSPS) is 10.7. The summed E-state index contributed by atoms with van der Waals surface area (Å²) in [7, 11) is 3.30. The van der Waals surface area contributed by atoms with Gasteiger partial charge in [0.25, 0.3) is 0 Å².